The summed E-state index contributed by atoms with van der Waals surface area (Å²) in [4.78, 5) is 2.23. The van der Waals surface area contributed by atoms with Crippen LogP contribution in [0.25, 0.3) is 0 Å². The molecule has 0 aliphatic carbocycles. The number of rotatable bonds is 3. The van der Waals surface area contributed by atoms with Crippen molar-refractivity contribution in [1.29, 1.82) is 0 Å². The van der Waals surface area contributed by atoms with E-state index in [1.807, 2.05) is 0 Å². The topological polar surface area (TPSA) is 49.5 Å². The van der Waals surface area contributed by atoms with E-state index in [4.69, 9.17) is 5.73 Å². The predicted octanol–water partition coefficient (Wildman–Crippen LogP) is -0.352. The zero-order chi connectivity index (χ0) is 8.48. The van der Waals surface area contributed by atoms with Crippen LogP contribution in [0.1, 0.15) is 13.8 Å². The second kappa shape index (κ2) is 3.09. The predicted molar refractivity (Wildman–Crippen MR) is 45.3 cm³/mol. The first kappa shape index (κ1) is 8.97. The van der Waals surface area contributed by atoms with E-state index in [1.165, 1.54) is 0 Å². The maximum atomic E-state index is 9.54. The van der Waals surface area contributed by atoms with Gasteiger partial charge in [0.15, 0.2) is 0 Å². The molecule has 1 saturated heterocycles. The Kier molecular flexibility index (Phi) is 2.52. The normalized spacial score (nSPS) is 23.7. The molecular formula is C8H18N2O. The van der Waals surface area contributed by atoms with Gasteiger partial charge in [-0.15, -0.1) is 0 Å². The second-order valence-corrected chi connectivity index (χ2v) is 3.99. The summed E-state index contributed by atoms with van der Waals surface area (Å²) in [5.41, 5.74) is 4.81. The molecule has 0 radical (unpaired) electrons. The standard InChI is InChI=1S/C8H18N2O/c1-7(2)3-10-5-8(11,4-9)6-10/h7,11H,3-6,9H2,1-2H3. The zero-order valence-electron chi connectivity index (χ0n) is 7.38. The van der Waals surface area contributed by atoms with Crippen molar-refractivity contribution >= 4 is 0 Å². The molecular weight excluding hydrogens is 140 g/mol. The Bertz CT molecular complexity index is 130. The third-order valence-corrected chi connectivity index (χ3v) is 2.04. The highest BCUT2D eigenvalue weighted by atomic mass is 16.3. The monoisotopic (exact) mass is 158 g/mol. The number of aliphatic hydroxyl groups is 1. The summed E-state index contributed by atoms with van der Waals surface area (Å²) < 4.78 is 0. The Morgan fingerprint density at radius 2 is 2.09 bits per heavy atom. The Morgan fingerprint density at radius 3 is 2.45 bits per heavy atom. The van der Waals surface area contributed by atoms with Gasteiger partial charge in [0.2, 0.25) is 0 Å². The summed E-state index contributed by atoms with van der Waals surface area (Å²) in [7, 11) is 0. The molecule has 66 valence electrons. The van der Waals surface area contributed by atoms with Crippen molar-refractivity contribution in [3.05, 3.63) is 0 Å². The van der Waals surface area contributed by atoms with Crippen LogP contribution in [0.4, 0.5) is 0 Å². The number of β-amino-alcohol motifs (C(OH)–C–C–N with tert-alkyl or cyclic N) is 1. The van der Waals surface area contributed by atoms with Gasteiger partial charge < -0.3 is 10.8 Å². The van der Waals surface area contributed by atoms with Gasteiger partial charge in [-0.1, -0.05) is 13.8 Å². The summed E-state index contributed by atoms with van der Waals surface area (Å²) in [6.45, 7) is 7.33. The van der Waals surface area contributed by atoms with Crippen molar-refractivity contribution in [2.45, 2.75) is 19.4 Å². The molecule has 0 aromatic heterocycles. The first-order valence-corrected chi connectivity index (χ1v) is 4.20. The van der Waals surface area contributed by atoms with Gasteiger partial charge in [0.25, 0.3) is 0 Å². The zero-order valence-corrected chi connectivity index (χ0v) is 7.38. The number of nitrogens with zero attached hydrogens (tertiary/aromatic N) is 1. The maximum absolute atomic E-state index is 9.54. The van der Waals surface area contributed by atoms with Crippen LogP contribution in [0.5, 0.6) is 0 Å². The molecule has 0 atom stereocenters. The summed E-state index contributed by atoms with van der Waals surface area (Å²) in [5, 5.41) is 9.54. The van der Waals surface area contributed by atoms with E-state index < -0.39 is 5.60 Å². The average molecular weight is 158 g/mol. The van der Waals surface area contributed by atoms with Crippen LogP contribution in [0.15, 0.2) is 0 Å². The van der Waals surface area contributed by atoms with E-state index in [9.17, 15) is 5.11 Å². The Hall–Kier alpha value is -0.120. The van der Waals surface area contributed by atoms with E-state index in [2.05, 4.69) is 18.7 Å². The fourth-order valence-electron chi connectivity index (χ4n) is 1.56. The minimum atomic E-state index is -0.575. The van der Waals surface area contributed by atoms with Gasteiger partial charge in [0.1, 0.15) is 5.60 Å². The molecule has 0 aromatic rings. The SMILES string of the molecule is CC(C)CN1CC(O)(CN)C1. The minimum absolute atomic E-state index is 0.390. The van der Waals surface area contributed by atoms with Gasteiger partial charge in [0.05, 0.1) is 0 Å². The van der Waals surface area contributed by atoms with Crippen molar-refractivity contribution in [2.24, 2.45) is 11.7 Å². The highest BCUT2D eigenvalue weighted by molar-refractivity contribution is 4.96. The van der Waals surface area contributed by atoms with Crippen LogP contribution in [-0.2, 0) is 0 Å². The van der Waals surface area contributed by atoms with Gasteiger partial charge in [-0.3, -0.25) is 4.90 Å². The van der Waals surface area contributed by atoms with Crippen LogP contribution < -0.4 is 5.73 Å². The minimum Gasteiger partial charge on any atom is -0.386 e. The molecule has 3 heteroatoms. The number of nitrogens with two attached hydrogens (primary N) is 1. The van der Waals surface area contributed by atoms with Crippen LogP contribution in [0, 0.1) is 5.92 Å². The van der Waals surface area contributed by atoms with Crippen LogP contribution in [-0.4, -0.2) is 41.8 Å². The van der Waals surface area contributed by atoms with Crippen molar-refractivity contribution < 1.29 is 5.11 Å². The Labute approximate surface area is 68.2 Å². The van der Waals surface area contributed by atoms with E-state index >= 15 is 0 Å². The second-order valence-electron chi connectivity index (χ2n) is 3.99. The van der Waals surface area contributed by atoms with E-state index in [0.29, 0.717) is 12.5 Å². The van der Waals surface area contributed by atoms with Crippen molar-refractivity contribution in [3.8, 4) is 0 Å². The van der Waals surface area contributed by atoms with Crippen LogP contribution in [0.2, 0.25) is 0 Å². The van der Waals surface area contributed by atoms with Gasteiger partial charge in [-0.2, -0.15) is 0 Å². The van der Waals surface area contributed by atoms with Gasteiger partial charge in [-0.25, -0.2) is 0 Å². The largest absolute Gasteiger partial charge is 0.386 e. The first-order chi connectivity index (χ1) is 5.06. The fraction of sp³-hybridized carbons (Fsp3) is 1.00. The number of hydrogen-bond acceptors (Lipinski definition) is 3. The summed E-state index contributed by atoms with van der Waals surface area (Å²) in [6.07, 6.45) is 0. The quantitative estimate of drug-likeness (QED) is 0.590. The molecule has 0 spiro atoms. The number of likely N-dealkylation sites (tertiary alicyclic amines) is 1. The Balaban J connectivity index is 2.18. The molecule has 11 heavy (non-hydrogen) atoms. The third kappa shape index (κ3) is 2.15. The van der Waals surface area contributed by atoms with Crippen LogP contribution in [0.3, 0.4) is 0 Å². The lowest BCUT2D eigenvalue weighted by atomic mass is 9.93. The molecule has 3 N–H and O–H groups in total. The molecule has 1 heterocycles. The highest BCUT2D eigenvalue weighted by Gasteiger charge is 2.39. The van der Waals surface area contributed by atoms with E-state index in [1.54, 1.807) is 0 Å². The fourth-order valence-corrected chi connectivity index (χ4v) is 1.56. The molecule has 0 amide bonds. The first-order valence-electron chi connectivity index (χ1n) is 4.20. The lowest BCUT2D eigenvalue weighted by molar-refractivity contribution is -0.0934. The average Bonchev–Trinajstić information content (AvgIpc) is 1.83. The summed E-state index contributed by atoms with van der Waals surface area (Å²) >= 11 is 0. The van der Waals surface area contributed by atoms with Crippen LogP contribution >= 0.6 is 0 Å². The lowest BCUT2D eigenvalue weighted by Gasteiger charge is -2.46. The lowest BCUT2D eigenvalue weighted by Crippen LogP contribution is -2.65. The molecule has 3 nitrogen and oxygen atoms in total. The van der Waals surface area contributed by atoms with Crippen molar-refractivity contribution in [2.75, 3.05) is 26.2 Å². The van der Waals surface area contributed by atoms with Crippen molar-refractivity contribution in [3.63, 3.8) is 0 Å². The molecule has 1 rings (SSSR count). The van der Waals surface area contributed by atoms with Gasteiger partial charge in [-0.05, 0) is 5.92 Å². The highest BCUT2D eigenvalue weighted by Crippen LogP contribution is 2.19. The van der Waals surface area contributed by atoms with Crippen molar-refractivity contribution in [1.82, 2.24) is 4.90 Å². The molecule has 1 aliphatic heterocycles. The summed E-state index contributed by atoms with van der Waals surface area (Å²) in [6, 6.07) is 0. The third-order valence-electron chi connectivity index (χ3n) is 2.04. The number of hydrogen-bond donors (Lipinski definition) is 2. The molecule has 0 saturated carbocycles. The molecule has 1 aliphatic rings. The molecule has 0 aromatic carbocycles. The Morgan fingerprint density at radius 1 is 1.55 bits per heavy atom. The van der Waals surface area contributed by atoms with E-state index in [0.717, 1.165) is 19.6 Å². The maximum Gasteiger partial charge on any atom is 0.102 e. The molecule has 1 fully saturated rings. The molecule has 0 unspecified atom stereocenters. The summed E-state index contributed by atoms with van der Waals surface area (Å²) in [5.74, 6) is 0.678. The van der Waals surface area contributed by atoms with Gasteiger partial charge >= 0.3 is 0 Å². The smallest absolute Gasteiger partial charge is 0.102 e. The van der Waals surface area contributed by atoms with E-state index in [-0.39, 0.29) is 0 Å². The molecule has 0 bridgehead atoms. The van der Waals surface area contributed by atoms with Gasteiger partial charge in [0, 0.05) is 26.2 Å².